The Morgan fingerprint density at radius 3 is 1.61 bits per heavy atom. The number of rotatable bonds is 16. The second-order valence-electron chi connectivity index (χ2n) is 20.4. The van der Waals surface area contributed by atoms with E-state index in [1.807, 2.05) is 6.08 Å². The quantitative estimate of drug-likeness (QED) is 0.0968. The molecule has 0 heterocycles. The fourth-order valence-electron chi connectivity index (χ4n) is 10.5. The zero-order chi connectivity index (χ0) is 49.4. The van der Waals surface area contributed by atoms with Crippen LogP contribution in [0.2, 0.25) is 0 Å². The van der Waals surface area contributed by atoms with Gasteiger partial charge in [-0.3, -0.25) is 0 Å². The summed E-state index contributed by atoms with van der Waals surface area (Å²) in [4.78, 5) is 0. The fourth-order valence-corrected chi connectivity index (χ4v) is 10.5. The Labute approximate surface area is 416 Å². The van der Waals surface area contributed by atoms with Gasteiger partial charge in [0.05, 0.1) is 5.41 Å². The Bertz CT molecular complexity index is 3120. The molecule has 0 N–H and O–H groups in total. The smallest absolute Gasteiger partial charge is 0.128 e. The van der Waals surface area contributed by atoms with Gasteiger partial charge in [0.1, 0.15) is 47.4 Å². The molecule has 0 fully saturated rings. The molecular weight excluding hydrogens is 857 g/mol. The van der Waals surface area contributed by atoms with Crippen molar-refractivity contribution >= 4 is 6.08 Å². The van der Waals surface area contributed by atoms with Crippen LogP contribution in [0.15, 0.2) is 170 Å². The minimum absolute atomic E-state index is 0.444. The van der Waals surface area contributed by atoms with Crippen LogP contribution in [-0.2, 0) is 30.7 Å². The van der Waals surface area contributed by atoms with E-state index in [1.165, 1.54) is 50.1 Å². The predicted molar refractivity (Wildman–Crippen MR) is 289 cm³/mol. The topological polar surface area (TPSA) is 36.9 Å². The van der Waals surface area contributed by atoms with E-state index in [4.69, 9.17) is 18.9 Å². The van der Waals surface area contributed by atoms with Gasteiger partial charge in [-0.05, 0) is 200 Å². The van der Waals surface area contributed by atoms with Crippen LogP contribution in [0.25, 0.3) is 17.2 Å². The third-order valence-electron chi connectivity index (χ3n) is 14.4. The van der Waals surface area contributed by atoms with Gasteiger partial charge in [0.2, 0.25) is 0 Å². The standard InChI is InChI=1S/C66H66O4/c1-12-49-24-28-51(29-25-49)41-67-56-34-32-53(33-35-56)66(60-22-15-13-20-58(60)59-21-14-16-23-61(59)66)54-18-17-19-57(39-54)68-42-52-30-26-50(27-31-52)40-64(8,9)69-62-45(4)37-55(38-46(62)5)65(10,11)70-63-44(3)36-43(2)47(6)48(63)7/h12-39H,1,40-42H2,2-11H3. The first-order valence-electron chi connectivity index (χ1n) is 24.6. The average molecular weight is 923 g/mol. The Morgan fingerprint density at radius 1 is 0.471 bits per heavy atom. The number of aryl methyl sites for hydroxylation is 4. The van der Waals surface area contributed by atoms with E-state index < -0.39 is 16.6 Å². The van der Waals surface area contributed by atoms with Gasteiger partial charge < -0.3 is 18.9 Å². The average Bonchev–Trinajstić information content (AvgIpc) is 3.66. The van der Waals surface area contributed by atoms with Crippen LogP contribution in [0, 0.1) is 41.5 Å². The first kappa shape index (κ1) is 47.8. The molecule has 0 saturated heterocycles. The molecule has 0 aliphatic heterocycles. The van der Waals surface area contributed by atoms with Gasteiger partial charge in [0.15, 0.2) is 0 Å². The molecule has 354 valence electrons. The highest BCUT2D eigenvalue weighted by molar-refractivity contribution is 5.86. The largest absolute Gasteiger partial charge is 0.489 e. The molecule has 0 spiro atoms. The van der Waals surface area contributed by atoms with Gasteiger partial charge >= 0.3 is 0 Å². The molecule has 1 aliphatic rings. The van der Waals surface area contributed by atoms with Gasteiger partial charge in [0, 0.05) is 6.42 Å². The molecule has 0 aromatic heterocycles. The van der Waals surface area contributed by atoms with Crippen molar-refractivity contribution in [2.24, 2.45) is 0 Å². The molecule has 70 heavy (non-hydrogen) atoms. The van der Waals surface area contributed by atoms with Gasteiger partial charge in [-0.2, -0.15) is 0 Å². The number of hydrogen-bond donors (Lipinski definition) is 0. The molecule has 1 aliphatic carbocycles. The molecule has 0 atom stereocenters. The summed E-state index contributed by atoms with van der Waals surface area (Å²) in [6, 6.07) is 58.6. The highest BCUT2D eigenvalue weighted by Gasteiger charge is 2.46. The van der Waals surface area contributed by atoms with E-state index in [1.54, 1.807) is 0 Å². The molecule has 0 unspecified atom stereocenters. The summed E-state index contributed by atoms with van der Waals surface area (Å²) in [6.07, 6.45) is 2.60. The number of ether oxygens (including phenoxy) is 4. The van der Waals surface area contributed by atoms with E-state index >= 15 is 0 Å². The van der Waals surface area contributed by atoms with Crippen molar-refractivity contribution in [2.45, 2.75) is 105 Å². The molecule has 4 nitrogen and oxygen atoms in total. The monoisotopic (exact) mass is 922 g/mol. The van der Waals surface area contributed by atoms with Gasteiger partial charge in [-0.15, -0.1) is 0 Å². The molecule has 0 radical (unpaired) electrons. The Balaban J connectivity index is 0.900. The Morgan fingerprint density at radius 2 is 1.01 bits per heavy atom. The fraction of sp³-hybridized carbons (Fsp3) is 0.242. The van der Waals surface area contributed by atoms with E-state index in [-0.39, 0.29) is 0 Å². The van der Waals surface area contributed by atoms with E-state index in [0.717, 1.165) is 73.9 Å². The zero-order valence-electron chi connectivity index (χ0n) is 42.6. The van der Waals surface area contributed by atoms with Crippen LogP contribution in [-0.4, -0.2) is 5.60 Å². The van der Waals surface area contributed by atoms with Crippen LogP contribution in [0.1, 0.15) is 111 Å². The predicted octanol–water partition coefficient (Wildman–Crippen LogP) is 16.4. The maximum absolute atomic E-state index is 6.86. The van der Waals surface area contributed by atoms with Crippen molar-refractivity contribution in [3.8, 4) is 34.1 Å². The van der Waals surface area contributed by atoms with Crippen molar-refractivity contribution in [3.05, 3.63) is 254 Å². The molecule has 9 rings (SSSR count). The Hall–Kier alpha value is -7.30. The zero-order valence-corrected chi connectivity index (χ0v) is 42.6. The molecule has 0 amide bonds. The molecule has 0 saturated carbocycles. The lowest BCUT2D eigenvalue weighted by molar-refractivity contribution is 0.103. The van der Waals surface area contributed by atoms with Crippen molar-refractivity contribution < 1.29 is 18.9 Å². The summed E-state index contributed by atoms with van der Waals surface area (Å²) in [7, 11) is 0. The number of hydrogen-bond acceptors (Lipinski definition) is 4. The van der Waals surface area contributed by atoms with Gasteiger partial charge in [-0.1, -0.05) is 140 Å². The maximum Gasteiger partial charge on any atom is 0.128 e. The molecule has 8 aromatic rings. The molecule has 4 heteroatoms. The lowest BCUT2D eigenvalue weighted by Gasteiger charge is -2.34. The minimum atomic E-state index is -0.564. The first-order valence-corrected chi connectivity index (χ1v) is 24.6. The number of fused-ring (bicyclic) bond motifs is 3. The molecular formula is C66H66O4. The van der Waals surface area contributed by atoms with E-state index in [0.29, 0.717) is 13.2 Å². The minimum Gasteiger partial charge on any atom is -0.489 e. The van der Waals surface area contributed by atoms with Crippen LogP contribution in [0.5, 0.6) is 23.0 Å². The lowest BCUT2D eigenvalue weighted by Crippen LogP contribution is -2.32. The summed E-state index contributed by atoms with van der Waals surface area (Å²) in [6.45, 7) is 26.4. The third-order valence-corrected chi connectivity index (χ3v) is 14.4. The molecule has 8 aromatic carbocycles. The van der Waals surface area contributed by atoms with Gasteiger partial charge in [0.25, 0.3) is 0 Å². The van der Waals surface area contributed by atoms with Crippen molar-refractivity contribution in [1.29, 1.82) is 0 Å². The van der Waals surface area contributed by atoms with Crippen molar-refractivity contribution in [1.82, 2.24) is 0 Å². The summed E-state index contributed by atoms with van der Waals surface area (Å²) in [5, 5.41) is 0. The lowest BCUT2D eigenvalue weighted by atomic mass is 9.67. The Kier molecular flexibility index (Phi) is 13.1. The normalized spacial score (nSPS) is 12.8. The summed E-state index contributed by atoms with van der Waals surface area (Å²) in [5.41, 5.74) is 18.5. The summed E-state index contributed by atoms with van der Waals surface area (Å²) < 4.78 is 26.6. The molecule has 0 bridgehead atoms. The first-order chi connectivity index (χ1) is 33.6. The number of benzene rings is 8. The summed E-state index contributed by atoms with van der Waals surface area (Å²) >= 11 is 0. The summed E-state index contributed by atoms with van der Waals surface area (Å²) in [5.74, 6) is 3.54. The SMILES string of the molecule is C=Cc1ccc(COc2ccc(C3(c4cccc(OCc5ccc(CC(C)(C)Oc6c(C)cc(C(C)(C)Oc7c(C)cc(C)c(C)c7C)cc6C)cc5)c4)c4ccccc4-c4ccccc43)cc2)cc1. The third kappa shape index (κ3) is 9.40. The highest BCUT2D eigenvalue weighted by atomic mass is 16.5. The second kappa shape index (κ2) is 19.2. The highest BCUT2D eigenvalue weighted by Crippen LogP contribution is 2.56. The van der Waals surface area contributed by atoms with Crippen LogP contribution in [0.3, 0.4) is 0 Å². The van der Waals surface area contributed by atoms with Crippen molar-refractivity contribution in [2.75, 3.05) is 0 Å². The van der Waals surface area contributed by atoms with Crippen LogP contribution >= 0.6 is 0 Å². The van der Waals surface area contributed by atoms with E-state index in [2.05, 4.69) is 240 Å². The van der Waals surface area contributed by atoms with E-state index in [9.17, 15) is 0 Å². The van der Waals surface area contributed by atoms with Gasteiger partial charge in [-0.25, -0.2) is 0 Å². The van der Waals surface area contributed by atoms with Crippen LogP contribution < -0.4 is 18.9 Å². The van der Waals surface area contributed by atoms with Crippen LogP contribution in [0.4, 0.5) is 0 Å². The second-order valence-corrected chi connectivity index (χ2v) is 20.4. The van der Waals surface area contributed by atoms with Crippen molar-refractivity contribution in [3.63, 3.8) is 0 Å². The maximum atomic E-state index is 6.86.